The maximum absolute atomic E-state index is 13.4. The Morgan fingerprint density at radius 3 is 2.41 bits per heavy atom. The summed E-state index contributed by atoms with van der Waals surface area (Å²) < 4.78 is 0. The lowest BCUT2D eigenvalue weighted by atomic mass is 10.2. The first-order valence-electron chi connectivity index (χ1n) is 10.9. The maximum atomic E-state index is 13.4. The lowest BCUT2D eigenvalue weighted by molar-refractivity contribution is -0.135. The van der Waals surface area contributed by atoms with Crippen molar-refractivity contribution < 1.29 is 14.4 Å². The number of carbonyl (C=O) groups is 3. The van der Waals surface area contributed by atoms with E-state index in [0.717, 1.165) is 36.1 Å². The number of benzene rings is 2. The predicted octanol–water partition coefficient (Wildman–Crippen LogP) is 3.87. The molecule has 0 unspecified atom stereocenters. The number of hydrogen-bond donors (Lipinski definition) is 1. The molecular weight excluding hydrogens is 446 g/mol. The molecule has 6 nitrogen and oxygen atoms in total. The van der Waals surface area contributed by atoms with Crippen molar-refractivity contribution in [2.75, 3.05) is 24.5 Å². The van der Waals surface area contributed by atoms with Crippen LogP contribution in [0.4, 0.5) is 5.69 Å². The number of rotatable bonds is 5. The first kappa shape index (κ1) is 22.7. The number of hydrogen-bond acceptors (Lipinski definition) is 4. The van der Waals surface area contributed by atoms with E-state index in [1.807, 2.05) is 41.3 Å². The van der Waals surface area contributed by atoms with Crippen molar-refractivity contribution in [2.24, 2.45) is 0 Å². The average Bonchev–Trinajstić information content (AvgIpc) is 3.09. The minimum Gasteiger partial charge on any atom is -0.350 e. The fraction of sp³-hybridized carbons (Fsp3) is 0.375. The molecule has 2 aromatic rings. The third-order valence-corrected chi connectivity index (χ3v) is 7.23. The molecule has 0 aromatic heterocycles. The largest absolute Gasteiger partial charge is 0.350 e. The van der Waals surface area contributed by atoms with Crippen molar-refractivity contribution in [1.82, 2.24) is 10.2 Å². The fourth-order valence-corrected chi connectivity index (χ4v) is 5.31. The molecule has 2 heterocycles. The van der Waals surface area contributed by atoms with Crippen LogP contribution in [0.1, 0.15) is 31.2 Å². The van der Waals surface area contributed by atoms with Crippen LogP contribution in [0.2, 0.25) is 5.02 Å². The molecule has 0 spiro atoms. The van der Waals surface area contributed by atoms with E-state index in [0.29, 0.717) is 30.3 Å². The van der Waals surface area contributed by atoms with Crippen LogP contribution < -0.4 is 10.2 Å². The summed E-state index contributed by atoms with van der Waals surface area (Å²) in [6, 6.07) is 14.7. The zero-order valence-corrected chi connectivity index (χ0v) is 19.3. The van der Waals surface area contributed by atoms with E-state index in [1.54, 1.807) is 12.1 Å². The minimum absolute atomic E-state index is 0.131. The first-order chi connectivity index (χ1) is 15.5. The van der Waals surface area contributed by atoms with Gasteiger partial charge in [-0.1, -0.05) is 48.7 Å². The Kier molecular flexibility index (Phi) is 7.37. The Hall–Kier alpha value is -2.51. The molecule has 1 fully saturated rings. The van der Waals surface area contributed by atoms with Gasteiger partial charge in [0, 0.05) is 29.6 Å². The van der Waals surface area contributed by atoms with E-state index in [2.05, 4.69) is 5.32 Å². The average molecular weight is 472 g/mol. The minimum atomic E-state index is -0.855. The summed E-state index contributed by atoms with van der Waals surface area (Å²) in [7, 11) is 0. The molecule has 0 saturated carbocycles. The molecule has 168 valence electrons. The topological polar surface area (TPSA) is 69.7 Å². The van der Waals surface area contributed by atoms with Gasteiger partial charge in [0.25, 0.3) is 5.91 Å². The number of fused-ring (bicyclic) bond motifs is 1. The summed E-state index contributed by atoms with van der Waals surface area (Å²) in [5.41, 5.74) is 1.59. The van der Waals surface area contributed by atoms with Gasteiger partial charge in [-0.15, -0.1) is 11.8 Å². The van der Waals surface area contributed by atoms with Gasteiger partial charge >= 0.3 is 0 Å². The number of likely N-dealkylation sites (tertiary alicyclic amines) is 1. The SMILES string of the molecule is O=C(CN1C(=O)[C@H](C(=O)N2CCCCCC2)Sc2ccccc21)NCc1ccc(Cl)cc1. The zero-order valence-electron chi connectivity index (χ0n) is 17.8. The number of anilines is 1. The van der Waals surface area contributed by atoms with Gasteiger partial charge < -0.3 is 15.1 Å². The van der Waals surface area contributed by atoms with Crippen LogP contribution in [0, 0.1) is 0 Å². The zero-order chi connectivity index (χ0) is 22.5. The van der Waals surface area contributed by atoms with Crippen molar-refractivity contribution >= 4 is 46.8 Å². The molecule has 0 radical (unpaired) electrons. The summed E-state index contributed by atoms with van der Waals surface area (Å²) in [5.74, 6) is -0.761. The molecular formula is C24H26ClN3O3S. The standard InChI is InChI=1S/C24H26ClN3O3S/c25-18-11-9-17(10-12-18)15-26-21(29)16-28-19-7-3-4-8-20(19)32-22(24(28)31)23(30)27-13-5-1-2-6-14-27/h3-4,7-12,22H,1-2,5-6,13-16H2,(H,26,29)/t22-/m0/s1. The van der Waals surface area contributed by atoms with E-state index in [1.165, 1.54) is 16.7 Å². The van der Waals surface area contributed by atoms with E-state index < -0.39 is 5.25 Å². The highest BCUT2D eigenvalue weighted by Crippen LogP contribution is 2.39. The van der Waals surface area contributed by atoms with Gasteiger partial charge in [-0.3, -0.25) is 14.4 Å². The molecule has 8 heteroatoms. The van der Waals surface area contributed by atoms with Crippen molar-refractivity contribution in [1.29, 1.82) is 0 Å². The fourth-order valence-electron chi connectivity index (χ4n) is 4.00. The number of nitrogens with one attached hydrogen (secondary N) is 1. The molecule has 3 amide bonds. The Labute approximate surface area is 197 Å². The van der Waals surface area contributed by atoms with Crippen molar-refractivity contribution in [3.8, 4) is 0 Å². The van der Waals surface area contributed by atoms with Crippen LogP contribution in [0.3, 0.4) is 0 Å². The number of nitrogens with zero attached hydrogens (tertiary/aromatic N) is 2. The molecule has 32 heavy (non-hydrogen) atoms. The summed E-state index contributed by atoms with van der Waals surface area (Å²) in [6.45, 7) is 1.58. The molecule has 1 saturated heterocycles. The molecule has 2 aromatic carbocycles. The van der Waals surface area contributed by atoms with E-state index in [9.17, 15) is 14.4 Å². The molecule has 2 aliphatic rings. The first-order valence-corrected chi connectivity index (χ1v) is 12.2. The van der Waals surface area contributed by atoms with Gasteiger partial charge in [-0.25, -0.2) is 0 Å². The van der Waals surface area contributed by atoms with Crippen LogP contribution >= 0.6 is 23.4 Å². The van der Waals surface area contributed by atoms with Gasteiger partial charge in [0.1, 0.15) is 6.54 Å². The van der Waals surface area contributed by atoms with Gasteiger partial charge in [-0.2, -0.15) is 0 Å². The lowest BCUT2D eigenvalue weighted by Gasteiger charge is -2.34. The molecule has 2 aliphatic heterocycles. The molecule has 1 N–H and O–H groups in total. The predicted molar refractivity (Wildman–Crippen MR) is 127 cm³/mol. The second kappa shape index (κ2) is 10.4. The quantitative estimate of drug-likeness (QED) is 0.672. The highest BCUT2D eigenvalue weighted by Gasteiger charge is 2.40. The second-order valence-electron chi connectivity index (χ2n) is 8.03. The van der Waals surface area contributed by atoms with Gasteiger partial charge in [0.2, 0.25) is 11.8 Å². The lowest BCUT2D eigenvalue weighted by Crippen LogP contribution is -2.52. The third-order valence-electron chi connectivity index (χ3n) is 5.74. The molecule has 0 bridgehead atoms. The summed E-state index contributed by atoms with van der Waals surface area (Å²) in [5, 5.41) is 2.63. The van der Waals surface area contributed by atoms with Gasteiger partial charge in [-0.05, 0) is 42.7 Å². The smallest absolute Gasteiger partial charge is 0.250 e. The normalized spacial score (nSPS) is 18.7. The summed E-state index contributed by atoms with van der Waals surface area (Å²) in [4.78, 5) is 43.4. The highest BCUT2D eigenvalue weighted by atomic mass is 35.5. The Balaban J connectivity index is 1.48. The van der Waals surface area contributed by atoms with Gasteiger partial charge in [0.05, 0.1) is 5.69 Å². The van der Waals surface area contributed by atoms with E-state index >= 15 is 0 Å². The molecule has 0 aliphatic carbocycles. The van der Waals surface area contributed by atoms with Crippen LogP contribution in [0.15, 0.2) is 53.4 Å². The number of thioether (sulfide) groups is 1. The van der Waals surface area contributed by atoms with Crippen LogP contribution in [0.5, 0.6) is 0 Å². The highest BCUT2D eigenvalue weighted by molar-refractivity contribution is 8.01. The van der Waals surface area contributed by atoms with Crippen LogP contribution in [-0.4, -0.2) is 47.5 Å². The molecule has 1 atom stereocenters. The maximum Gasteiger partial charge on any atom is 0.250 e. The Morgan fingerprint density at radius 1 is 1.00 bits per heavy atom. The van der Waals surface area contributed by atoms with Gasteiger partial charge in [0.15, 0.2) is 5.25 Å². The monoisotopic (exact) mass is 471 g/mol. The number of amides is 3. The Morgan fingerprint density at radius 2 is 1.69 bits per heavy atom. The van der Waals surface area contributed by atoms with Crippen LogP contribution in [-0.2, 0) is 20.9 Å². The van der Waals surface area contributed by atoms with Crippen molar-refractivity contribution in [2.45, 2.75) is 42.4 Å². The van der Waals surface area contributed by atoms with Crippen molar-refractivity contribution in [3.63, 3.8) is 0 Å². The number of carbonyl (C=O) groups excluding carboxylic acids is 3. The summed E-state index contributed by atoms with van der Waals surface area (Å²) in [6.07, 6.45) is 4.14. The van der Waals surface area contributed by atoms with Crippen molar-refractivity contribution in [3.05, 3.63) is 59.1 Å². The summed E-state index contributed by atoms with van der Waals surface area (Å²) >= 11 is 7.20. The number of para-hydroxylation sites is 1. The van der Waals surface area contributed by atoms with E-state index in [-0.39, 0.29) is 24.3 Å². The number of halogens is 1. The van der Waals surface area contributed by atoms with E-state index in [4.69, 9.17) is 11.6 Å². The molecule has 4 rings (SSSR count). The third kappa shape index (κ3) is 5.27. The Bertz CT molecular complexity index is 990. The van der Waals surface area contributed by atoms with Crippen LogP contribution in [0.25, 0.3) is 0 Å². The second-order valence-corrected chi connectivity index (χ2v) is 9.62.